The van der Waals surface area contributed by atoms with Gasteiger partial charge < -0.3 is 14.8 Å². The first kappa shape index (κ1) is 28.0. The van der Waals surface area contributed by atoms with Crippen molar-refractivity contribution in [3.63, 3.8) is 0 Å². The SMILES string of the molecule is CC(C)C(=O)Nc1cccc(C2CCN(CCCn3c(-c4ccccc4I)cc4ccc5ccccc5c43)CC2)c1. The Hall–Kier alpha value is -3.16. The Morgan fingerprint density at radius 1 is 0.878 bits per heavy atom. The van der Waals surface area contributed by atoms with Gasteiger partial charge in [0.25, 0.3) is 0 Å². The summed E-state index contributed by atoms with van der Waals surface area (Å²) in [6, 6.07) is 32.9. The van der Waals surface area contributed by atoms with Gasteiger partial charge in [-0.1, -0.05) is 80.6 Å². The molecule has 5 aromatic rings. The second-order valence-electron chi connectivity index (χ2n) is 11.6. The third-order valence-corrected chi connectivity index (χ3v) is 9.47. The van der Waals surface area contributed by atoms with Gasteiger partial charge in [0.15, 0.2) is 0 Å². The molecular formula is C36H38IN3O. The Morgan fingerprint density at radius 2 is 1.63 bits per heavy atom. The fourth-order valence-electron chi connectivity index (χ4n) is 6.26. The predicted molar refractivity (Wildman–Crippen MR) is 181 cm³/mol. The van der Waals surface area contributed by atoms with E-state index in [-0.39, 0.29) is 11.8 Å². The summed E-state index contributed by atoms with van der Waals surface area (Å²) in [5.74, 6) is 0.608. The van der Waals surface area contributed by atoms with Crippen molar-refractivity contribution in [1.82, 2.24) is 9.47 Å². The number of aromatic nitrogens is 1. The summed E-state index contributed by atoms with van der Waals surface area (Å²) in [5, 5.41) is 7.00. The fraction of sp³-hybridized carbons (Fsp3) is 0.306. The minimum absolute atomic E-state index is 0.0162. The summed E-state index contributed by atoms with van der Waals surface area (Å²) in [6.07, 6.45) is 3.43. The summed E-state index contributed by atoms with van der Waals surface area (Å²) in [7, 11) is 0. The van der Waals surface area contributed by atoms with E-state index in [0.29, 0.717) is 5.92 Å². The van der Waals surface area contributed by atoms with Gasteiger partial charge in [0.2, 0.25) is 5.91 Å². The molecule has 0 spiro atoms. The molecule has 0 saturated carbocycles. The van der Waals surface area contributed by atoms with Crippen LogP contribution in [0.25, 0.3) is 32.9 Å². The minimum Gasteiger partial charge on any atom is -0.340 e. The number of anilines is 1. The van der Waals surface area contributed by atoms with Crippen molar-refractivity contribution in [1.29, 1.82) is 0 Å². The van der Waals surface area contributed by atoms with Crippen LogP contribution < -0.4 is 5.32 Å². The average molecular weight is 656 g/mol. The highest BCUT2D eigenvalue weighted by Crippen LogP contribution is 2.35. The maximum absolute atomic E-state index is 12.2. The topological polar surface area (TPSA) is 37.3 Å². The average Bonchev–Trinajstić information content (AvgIpc) is 3.36. The van der Waals surface area contributed by atoms with Gasteiger partial charge in [-0.3, -0.25) is 4.79 Å². The standard InChI is InChI=1S/C36H38IN3O/c1-25(2)36(41)38-30-11-7-10-28(23-30)26-17-21-39(22-18-26)19-8-20-40-34(32-13-5-6-14-33(32)37)24-29-16-15-27-9-3-4-12-31(27)35(29)40/h3-7,9-16,23-26H,8,17-22H2,1-2H3,(H,38,41). The van der Waals surface area contributed by atoms with E-state index >= 15 is 0 Å². The number of rotatable bonds is 8. The molecule has 1 aliphatic rings. The Bertz CT molecular complexity index is 1680. The Balaban J connectivity index is 1.15. The molecule has 0 atom stereocenters. The van der Waals surface area contributed by atoms with Crippen LogP contribution in [0.3, 0.4) is 0 Å². The normalized spacial score (nSPS) is 14.7. The molecule has 2 heterocycles. The molecule has 1 fully saturated rings. The third kappa shape index (κ3) is 6.07. The molecule has 1 saturated heterocycles. The van der Waals surface area contributed by atoms with Crippen LogP contribution in [0.15, 0.2) is 91.0 Å². The van der Waals surface area contributed by atoms with Crippen molar-refractivity contribution in [2.75, 3.05) is 25.0 Å². The number of fused-ring (bicyclic) bond motifs is 3. The van der Waals surface area contributed by atoms with Gasteiger partial charge in [0.1, 0.15) is 0 Å². The van der Waals surface area contributed by atoms with Crippen LogP contribution in [0.4, 0.5) is 5.69 Å². The van der Waals surface area contributed by atoms with Crippen molar-refractivity contribution in [2.45, 2.75) is 45.6 Å². The van der Waals surface area contributed by atoms with Gasteiger partial charge in [0.05, 0.1) is 11.2 Å². The summed E-state index contributed by atoms with van der Waals surface area (Å²) < 4.78 is 3.85. The molecule has 1 amide bonds. The lowest BCUT2D eigenvalue weighted by Gasteiger charge is -2.32. The molecule has 4 aromatic carbocycles. The lowest BCUT2D eigenvalue weighted by atomic mass is 9.89. The number of amides is 1. The summed E-state index contributed by atoms with van der Waals surface area (Å²) in [5.41, 5.74) is 6.23. The smallest absolute Gasteiger partial charge is 0.226 e. The Morgan fingerprint density at radius 3 is 2.44 bits per heavy atom. The van der Waals surface area contributed by atoms with Gasteiger partial charge in [-0.2, -0.15) is 0 Å². The number of nitrogens with one attached hydrogen (secondary N) is 1. The zero-order valence-electron chi connectivity index (χ0n) is 23.9. The largest absolute Gasteiger partial charge is 0.340 e. The van der Waals surface area contributed by atoms with Crippen LogP contribution in [-0.2, 0) is 11.3 Å². The van der Waals surface area contributed by atoms with E-state index in [1.165, 1.54) is 42.1 Å². The molecule has 0 radical (unpaired) electrons. The van der Waals surface area contributed by atoms with Crippen LogP contribution >= 0.6 is 22.6 Å². The van der Waals surface area contributed by atoms with Gasteiger partial charge in [-0.05, 0) is 103 Å². The first-order chi connectivity index (χ1) is 20.0. The highest BCUT2D eigenvalue weighted by atomic mass is 127. The number of carbonyl (C=O) groups is 1. The monoisotopic (exact) mass is 655 g/mol. The first-order valence-corrected chi connectivity index (χ1v) is 15.9. The zero-order chi connectivity index (χ0) is 28.3. The molecule has 0 bridgehead atoms. The van der Waals surface area contributed by atoms with Crippen LogP contribution in [0, 0.1) is 9.49 Å². The van der Waals surface area contributed by atoms with Gasteiger partial charge in [0, 0.05) is 38.1 Å². The van der Waals surface area contributed by atoms with E-state index < -0.39 is 0 Å². The second kappa shape index (κ2) is 12.4. The lowest BCUT2D eigenvalue weighted by Crippen LogP contribution is -2.34. The molecule has 0 unspecified atom stereocenters. The van der Waals surface area contributed by atoms with Crippen molar-refractivity contribution in [2.24, 2.45) is 5.92 Å². The number of halogens is 1. The number of benzene rings is 4. The maximum atomic E-state index is 12.2. The van der Waals surface area contributed by atoms with Gasteiger partial charge >= 0.3 is 0 Å². The van der Waals surface area contributed by atoms with Crippen molar-refractivity contribution >= 4 is 55.9 Å². The van der Waals surface area contributed by atoms with Crippen LogP contribution in [0.1, 0.15) is 44.6 Å². The molecule has 5 heteroatoms. The minimum atomic E-state index is -0.0162. The Kier molecular flexibility index (Phi) is 8.45. The van der Waals surface area contributed by atoms with Gasteiger partial charge in [-0.15, -0.1) is 0 Å². The van der Waals surface area contributed by atoms with Crippen LogP contribution in [-0.4, -0.2) is 35.0 Å². The molecule has 6 rings (SSSR count). The van der Waals surface area contributed by atoms with Gasteiger partial charge in [-0.25, -0.2) is 0 Å². The van der Waals surface area contributed by atoms with Crippen molar-refractivity contribution in [3.8, 4) is 11.3 Å². The molecule has 1 N–H and O–H groups in total. The lowest BCUT2D eigenvalue weighted by molar-refractivity contribution is -0.118. The molecule has 41 heavy (non-hydrogen) atoms. The predicted octanol–water partition coefficient (Wildman–Crippen LogP) is 8.93. The van der Waals surface area contributed by atoms with Crippen molar-refractivity contribution in [3.05, 3.63) is 100 Å². The van der Waals surface area contributed by atoms with E-state index in [1.807, 2.05) is 19.9 Å². The molecular weight excluding hydrogens is 617 g/mol. The molecule has 0 aliphatic carbocycles. The zero-order valence-corrected chi connectivity index (χ0v) is 26.1. The number of aryl methyl sites for hydroxylation is 1. The van der Waals surface area contributed by atoms with Crippen molar-refractivity contribution < 1.29 is 4.79 Å². The summed E-state index contributed by atoms with van der Waals surface area (Å²) in [6.45, 7) is 8.19. The number of hydrogen-bond donors (Lipinski definition) is 1. The van der Waals surface area contributed by atoms with Crippen LogP contribution in [0.2, 0.25) is 0 Å². The fourth-order valence-corrected chi connectivity index (χ4v) is 6.92. The number of carbonyl (C=O) groups excluding carboxylic acids is 1. The molecule has 1 aliphatic heterocycles. The maximum Gasteiger partial charge on any atom is 0.226 e. The summed E-state index contributed by atoms with van der Waals surface area (Å²) in [4.78, 5) is 14.8. The highest BCUT2D eigenvalue weighted by molar-refractivity contribution is 14.1. The Labute approximate surface area is 256 Å². The number of hydrogen-bond acceptors (Lipinski definition) is 2. The quantitative estimate of drug-likeness (QED) is 0.170. The third-order valence-electron chi connectivity index (χ3n) is 8.53. The summed E-state index contributed by atoms with van der Waals surface area (Å²) >= 11 is 2.47. The molecule has 210 valence electrons. The number of nitrogens with zero attached hydrogens (tertiary/aromatic N) is 2. The second-order valence-corrected chi connectivity index (χ2v) is 12.8. The number of piperidine rings is 1. The van der Waals surface area contributed by atoms with E-state index in [0.717, 1.165) is 51.1 Å². The molecule has 1 aromatic heterocycles. The van der Waals surface area contributed by atoms with E-state index in [4.69, 9.17) is 0 Å². The first-order valence-electron chi connectivity index (χ1n) is 14.9. The van der Waals surface area contributed by atoms with E-state index in [9.17, 15) is 4.79 Å². The molecule has 4 nitrogen and oxygen atoms in total. The number of likely N-dealkylation sites (tertiary alicyclic amines) is 1. The van der Waals surface area contributed by atoms with E-state index in [1.54, 1.807) is 0 Å². The van der Waals surface area contributed by atoms with Crippen LogP contribution in [0.5, 0.6) is 0 Å². The van der Waals surface area contributed by atoms with E-state index in [2.05, 4.69) is 122 Å². The highest BCUT2D eigenvalue weighted by Gasteiger charge is 2.21.